The van der Waals surface area contributed by atoms with Crippen LogP contribution in [0.5, 0.6) is 5.75 Å². The zero-order chi connectivity index (χ0) is 21.6. The molecule has 0 atom stereocenters. The van der Waals surface area contributed by atoms with Gasteiger partial charge in [-0.05, 0) is 67.6 Å². The van der Waals surface area contributed by atoms with Gasteiger partial charge in [0.25, 0.3) is 11.8 Å². The quantitative estimate of drug-likeness (QED) is 0.460. The Bertz CT molecular complexity index is 1210. The molecule has 0 bridgehead atoms. The maximum atomic E-state index is 12.7. The van der Waals surface area contributed by atoms with Crippen molar-refractivity contribution in [2.45, 2.75) is 6.92 Å². The Morgan fingerprint density at radius 1 is 0.806 bits per heavy atom. The van der Waals surface area contributed by atoms with Crippen molar-refractivity contribution in [1.29, 1.82) is 0 Å². The number of anilines is 2. The number of amides is 2. The van der Waals surface area contributed by atoms with Crippen LogP contribution in [0.25, 0.3) is 10.9 Å². The van der Waals surface area contributed by atoms with Gasteiger partial charge in [0.2, 0.25) is 0 Å². The summed E-state index contributed by atoms with van der Waals surface area (Å²) in [6, 6.07) is 23.1. The fourth-order valence-electron chi connectivity index (χ4n) is 3.20. The smallest absolute Gasteiger partial charge is 0.256 e. The van der Waals surface area contributed by atoms with E-state index in [0.717, 1.165) is 16.7 Å². The second-order valence-electron chi connectivity index (χ2n) is 6.82. The van der Waals surface area contributed by atoms with Crippen molar-refractivity contribution in [1.82, 2.24) is 4.98 Å². The summed E-state index contributed by atoms with van der Waals surface area (Å²) in [5, 5.41) is 6.50. The second kappa shape index (κ2) is 9.09. The van der Waals surface area contributed by atoms with Crippen LogP contribution in [-0.4, -0.2) is 23.4 Å². The highest BCUT2D eigenvalue weighted by molar-refractivity contribution is 6.12. The van der Waals surface area contributed by atoms with Crippen LogP contribution in [0.3, 0.4) is 0 Å². The van der Waals surface area contributed by atoms with Gasteiger partial charge in [-0.25, -0.2) is 0 Å². The van der Waals surface area contributed by atoms with E-state index in [0.29, 0.717) is 29.1 Å². The summed E-state index contributed by atoms with van der Waals surface area (Å²) in [4.78, 5) is 29.5. The van der Waals surface area contributed by atoms with E-state index < -0.39 is 0 Å². The SMILES string of the molecule is CCOc1ccc(NC(=O)c2ccc(NC(=O)c3ccnc4ccccc34)cc2)cc1. The van der Waals surface area contributed by atoms with E-state index in [1.165, 1.54) is 0 Å². The lowest BCUT2D eigenvalue weighted by Gasteiger charge is -2.09. The normalized spacial score (nSPS) is 10.5. The molecule has 0 saturated carbocycles. The summed E-state index contributed by atoms with van der Waals surface area (Å²) in [7, 11) is 0. The molecule has 154 valence electrons. The Kier molecular flexibility index (Phi) is 5.89. The summed E-state index contributed by atoms with van der Waals surface area (Å²) in [5.74, 6) is 0.287. The molecule has 3 aromatic carbocycles. The molecule has 2 amide bonds. The lowest BCUT2D eigenvalue weighted by atomic mass is 10.1. The fourth-order valence-corrected chi connectivity index (χ4v) is 3.20. The Morgan fingerprint density at radius 3 is 2.16 bits per heavy atom. The number of fused-ring (bicyclic) bond motifs is 1. The van der Waals surface area contributed by atoms with Crippen molar-refractivity contribution >= 4 is 34.1 Å². The Morgan fingerprint density at radius 2 is 1.45 bits per heavy atom. The summed E-state index contributed by atoms with van der Waals surface area (Å²) >= 11 is 0. The molecule has 0 aliphatic carbocycles. The van der Waals surface area contributed by atoms with Gasteiger partial charge in [-0.1, -0.05) is 18.2 Å². The number of para-hydroxylation sites is 1. The number of benzene rings is 3. The number of carbonyl (C=O) groups is 2. The molecule has 6 heteroatoms. The number of hydrogen-bond donors (Lipinski definition) is 2. The van der Waals surface area contributed by atoms with E-state index in [-0.39, 0.29) is 11.8 Å². The second-order valence-corrected chi connectivity index (χ2v) is 6.82. The first kappa shape index (κ1) is 20.1. The predicted molar refractivity (Wildman–Crippen MR) is 122 cm³/mol. The van der Waals surface area contributed by atoms with Crippen molar-refractivity contribution in [3.8, 4) is 5.75 Å². The van der Waals surface area contributed by atoms with Crippen molar-refractivity contribution in [3.63, 3.8) is 0 Å². The summed E-state index contributed by atoms with van der Waals surface area (Å²) in [5.41, 5.74) is 3.07. The molecule has 0 saturated heterocycles. The third-order valence-corrected chi connectivity index (χ3v) is 4.72. The van der Waals surface area contributed by atoms with Crippen LogP contribution in [-0.2, 0) is 0 Å². The Labute approximate surface area is 179 Å². The highest BCUT2D eigenvalue weighted by Crippen LogP contribution is 2.19. The van der Waals surface area contributed by atoms with Gasteiger partial charge in [-0.3, -0.25) is 14.6 Å². The molecule has 4 aromatic rings. The number of aromatic nitrogens is 1. The third kappa shape index (κ3) is 4.70. The molecule has 0 aliphatic heterocycles. The van der Waals surface area contributed by atoms with Crippen LogP contribution in [0.2, 0.25) is 0 Å². The molecule has 6 nitrogen and oxygen atoms in total. The average Bonchev–Trinajstić information content (AvgIpc) is 2.80. The number of pyridine rings is 1. The van der Waals surface area contributed by atoms with Gasteiger partial charge in [0.05, 0.1) is 17.7 Å². The van der Waals surface area contributed by atoms with Gasteiger partial charge in [-0.2, -0.15) is 0 Å². The van der Waals surface area contributed by atoms with Gasteiger partial charge >= 0.3 is 0 Å². The number of hydrogen-bond acceptors (Lipinski definition) is 4. The largest absolute Gasteiger partial charge is 0.494 e. The zero-order valence-corrected chi connectivity index (χ0v) is 17.0. The minimum atomic E-state index is -0.234. The molecule has 0 spiro atoms. The first-order valence-corrected chi connectivity index (χ1v) is 9.93. The third-order valence-electron chi connectivity index (χ3n) is 4.72. The van der Waals surface area contributed by atoms with Crippen LogP contribution >= 0.6 is 0 Å². The van der Waals surface area contributed by atoms with E-state index in [9.17, 15) is 9.59 Å². The number of nitrogens with zero attached hydrogens (tertiary/aromatic N) is 1. The monoisotopic (exact) mass is 411 g/mol. The maximum Gasteiger partial charge on any atom is 0.256 e. The minimum Gasteiger partial charge on any atom is -0.494 e. The van der Waals surface area contributed by atoms with Crippen LogP contribution in [0.15, 0.2) is 85.1 Å². The topological polar surface area (TPSA) is 80.3 Å². The zero-order valence-electron chi connectivity index (χ0n) is 17.0. The highest BCUT2D eigenvalue weighted by Gasteiger charge is 2.12. The lowest BCUT2D eigenvalue weighted by Crippen LogP contribution is -2.14. The van der Waals surface area contributed by atoms with Crippen molar-refractivity contribution in [2.75, 3.05) is 17.2 Å². The van der Waals surface area contributed by atoms with Gasteiger partial charge < -0.3 is 15.4 Å². The lowest BCUT2D eigenvalue weighted by molar-refractivity contribution is 0.102. The summed E-state index contributed by atoms with van der Waals surface area (Å²) in [6.07, 6.45) is 1.62. The minimum absolute atomic E-state index is 0.231. The molecule has 1 heterocycles. The van der Waals surface area contributed by atoms with Crippen molar-refractivity contribution in [3.05, 3.63) is 96.2 Å². The fraction of sp³-hybridized carbons (Fsp3) is 0.0800. The number of ether oxygens (including phenoxy) is 1. The number of nitrogens with one attached hydrogen (secondary N) is 2. The van der Waals surface area contributed by atoms with E-state index in [4.69, 9.17) is 4.74 Å². The van der Waals surface area contributed by atoms with Crippen LogP contribution in [0.4, 0.5) is 11.4 Å². The van der Waals surface area contributed by atoms with Gasteiger partial charge in [0, 0.05) is 28.5 Å². The van der Waals surface area contributed by atoms with Gasteiger partial charge in [0.15, 0.2) is 0 Å². The van der Waals surface area contributed by atoms with Gasteiger partial charge in [0.1, 0.15) is 5.75 Å². The van der Waals surface area contributed by atoms with E-state index in [1.807, 2.05) is 31.2 Å². The average molecular weight is 411 g/mol. The molecular weight excluding hydrogens is 390 g/mol. The molecule has 0 aliphatic rings. The predicted octanol–water partition coefficient (Wildman–Crippen LogP) is 5.14. The highest BCUT2D eigenvalue weighted by atomic mass is 16.5. The number of rotatable bonds is 6. The van der Waals surface area contributed by atoms with E-state index in [2.05, 4.69) is 15.6 Å². The van der Waals surface area contributed by atoms with Crippen molar-refractivity contribution < 1.29 is 14.3 Å². The summed E-state index contributed by atoms with van der Waals surface area (Å²) in [6.45, 7) is 2.51. The first-order valence-electron chi connectivity index (χ1n) is 9.93. The molecule has 2 N–H and O–H groups in total. The Hall–Kier alpha value is -4.19. The van der Waals surface area contributed by atoms with Crippen LogP contribution < -0.4 is 15.4 Å². The molecule has 0 unspecified atom stereocenters. The van der Waals surface area contributed by atoms with E-state index in [1.54, 1.807) is 60.8 Å². The maximum absolute atomic E-state index is 12.7. The standard InChI is InChI=1S/C25H21N3O3/c1-2-31-20-13-11-19(12-14-20)27-24(29)17-7-9-18(10-8-17)28-25(30)22-15-16-26-23-6-4-3-5-21(22)23/h3-16H,2H2,1H3,(H,27,29)(H,28,30). The Balaban J connectivity index is 1.43. The summed E-state index contributed by atoms with van der Waals surface area (Å²) < 4.78 is 5.40. The molecule has 0 radical (unpaired) electrons. The first-order chi connectivity index (χ1) is 15.1. The molecular formula is C25H21N3O3. The van der Waals surface area contributed by atoms with Crippen LogP contribution in [0.1, 0.15) is 27.6 Å². The van der Waals surface area contributed by atoms with Crippen LogP contribution in [0, 0.1) is 0 Å². The van der Waals surface area contributed by atoms with E-state index >= 15 is 0 Å². The molecule has 4 rings (SSSR count). The molecule has 1 aromatic heterocycles. The molecule has 31 heavy (non-hydrogen) atoms. The van der Waals surface area contributed by atoms with Crippen molar-refractivity contribution in [2.24, 2.45) is 0 Å². The number of carbonyl (C=O) groups excluding carboxylic acids is 2. The van der Waals surface area contributed by atoms with Gasteiger partial charge in [-0.15, -0.1) is 0 Å². The molecule has 0 fully saturated rings.